The smallest absolute Gasteiger partial charge is 0.326 e. The second kappa shape index (κ2) is 5.21. The molecule has 0 heterocycles. The molecule has 1 rings (SSSR count). The van der Waals surface area contributed by atoms with Gasteiger partial charge in [0.2, 0.25) is 0 Å². The zero-order valence-electron chi connectivity index (χ0n) is 11.5. The zero-order valence-corrected chi connectivity index (χ0v) is 11.5. The Morgan fingerprint density at radius 2 is 2.24 bits per heavy atom. The summed E-state index contributed by atoms with van der Waals surface area (Å²) in [5.41, 5.74) is -0.353. The molecule has 0 aromatic rings. The molecule has 0 bridgehead atoms. The highest BCUT2D eigenvalue weighted by Gasteiger charge is 2.54. The minimum absolute atomic E-state index is 0.111. The number of rotatable bonds is 5. The van der Waals surface area contributed by atoms with Gasteiger partial charge in [0.1, 0.15) is 5.54 Å². The van der Waals surface area contributed by atoms with Gasteiger partial charge in [0.25, 0.3) is 0 Å². The van der Waals surface area contributed by atoms with Crippen LogP contribution in [-0.4, -0.2) is 24.7 Å². The van der Waals surface area contributed by atoms with Crippen LogP contribution >= 0.6 is 0 Å². The van der Waals surface area contributed by atoms with Gasteiger partial charge in [-0.3, -0.25) is 10.1 Å². The minimum atomic E-state index is -0.534. The van der Waals surface area contributed by atoms with E-state index in [0.29, 0.717) is 13.2 Å². The van der Waals surface area contributed by atoms with Crippen LogP contribution in [0.3, 0.4) is 0 Å². The molecule has 1 aliphatic rings. The molecule has 0 radical (unpaired) electrons. The van der Waals surface area contributed by atoms with Crippen LogP contribution in [0.5, 0.6) is 0 Å². The molecule has 2 atom stereocenters. The Morgan fingerprint density at radius 3 is 2.65 bits per heavy atom. The van der Waals surface area contributed by atoms with Crippen LogP contribution in [0, 0.1) is 11.3 Å². The average Bonchev–Trinajstić information content (AvgIpc) is 2.47. The van der Waals surface area contributed by atoms with Gasteiger partial charge in [0, 0.05) is 6.54 Å². The summed E-state index contributed by atoms with van der Waals surface area (Å²) in [4.78, 5) is 12.3. The third-order valence-corrected chi connectivity index (χ3v) is 3.66. The van der Waals surface area contributed by atoms with Gasteiger partial charge in [-0.2, -0.15) is 0 Å². The molecule has 0 saturated heterocycles. The summed E-state index contributed by atoms with van der Waals surface area (Å²) in [6.07, 6.45) is 3.66. The highest BCUT2D eigenvalue weighted by Crippen LogP contribution is 2.48. The molecule has 17 heavy (non-hydrogen) atoms. The SMILES string of the molecule is C=CCNC1(C(=O)OCC)CC(C)(C)CC1C. The number of hydrogen-bond donors (Lipinski definition) is 1. The molecule has 2 unspecified atom stereocenters. The molecule has 0 aromatic carbocycles. The lowest BCUT2D eigenvalue weighted by Gasteiger charge is -2.32. The summed E-state index contributed by atoms with van der Waals surface area (Å²) in [7, 11) is 0. The summed E-state index contributed by atoms with van der Waals surface area (Å²) < 4.78 is 5.25. The lowest BCUT2D eigenvalue weighted by Crippen LogP contribution is -2.55. The Morgan fingerprint density at radius 1 is 1.59 bits per heavy atom. The van der Waals surface area contributed by atoms with E-state index in [-0.39, 0.29) is 17.3 Å². The van der Waals surface area contributed by atoms with Crippen LogP contribution in [0.1, 0.15) is 40.5 Å². The summed E-state index contributed by atoms with van der Waals surface area (Å²) in [5.74, 6) is 0.177. The summed E-state index contributed by atoms with van der Waals surface area (Å²) >= 11 is 0. The first kappa shape index (κ1) is 14.2. The maximum Gasteiger partial charge on any atom is 0.326 e. The first-order valence-corrected chi connectivity index (χ1v) is 6.41. The maximum atomic E-state index is 12.3. The molecule has 1 saturated carbocycles. The van der Waals surface area contributed by atoms with Crippen molar-refractivity contribution in [3.05, 3.63) is 12.7 Å². The highest BCUT2D eigenvalue weighted by atomic mass is 16.5. The Labute approximate surface area is 105 Å². The summed E-state index contributed by atoms with van der Waals surface area (Å²) in [6.45, 7) is 13.2. The van der Waals surface area contributed by atoms with Gasteiger partial charge >= 0.3 is 5.97 Å². The molecule has 1 aliphatic carbocycles. The van der Waals surface area contributed by atoms with E-state index < -0.39 is 5.54 Å². The van der Waals surface area contributed by atoms with E-state index in [1.165, 1.54) is 0 Å². The van der Waals surface area contributed by atoms with E-state index in [1.807, 2.05) is 6.92 Å². The molecule has 98 valence electrons. The Kier molecular flexibility index (Phi) is 4.36. The number of carbonyl (C=O) groups excluding carboxylic acids is 1. The molecule has 3 heteroatoms. The second-order valence-electron chi connectivity index (χ2n) is 5.81. The van der Waals surface area contributed by atoms with Crippen molar-refractivity contribution in [1.29, 1.82) is 0 Å². The fraction of sp³-hybridized carbons (Fsp3) is 0.786. The maximum absolute atomic E-state index is 12.3. The predicted octanol–water partition coefficient (Wildman–Crippen LogP) is 2.52. The highest BCUT2D eigenvalue weighted by molar-refractivity contribution is 5.82. The Hall–Kier alpha value is -0.830. The Balaban J connectivity index is 2.94. The first-order chi connectivity index (χ1) is 7.88. The average molecular weight is 239 g/mol. The van der Waals surface area contributed by atoms with Crippen molar-refractivity contribution < 1.29 is 9.53 Å². The van der Waals surface area contributed by atoms with Gasteiger partial charge in [-0.1, -0.05) is 26.8 Å². The third kappa shape index (κ3) is 2.89. The van der Waals surface area contributed by atoms with E-state index in [0.717, 1.165) is 12.8 Å². The molecule has 1 fully saturated rings. The first-order valence-electron chi connectivity index (χ1n) is 6.41. The topological polar surface area (TPSA) is 38.3 Å². The predicted molar refractivity (Wildman–Crippen MR) is 69.7 cm³/mol. The van der Waals surface area contributed by atoms with E-state index in [1.54, 1.807) is 6.08 Å². The monoisotopic (exact) mass is 239 g/mol. The molecule has 0 aliphatic heterocycles. The van der Waals surface area contributed by atoms with Crippen molar-refractivity contribution in [3.8, 4) is 0 Å². The van der Waals surface area contributed by atoms with Crippen molar-refractivity contribution in [3.63, 3.8) is 0 Å². The number of carbonyl (C=O) groups is 1. The molecule has 0 aromatic heterocycles. The standard InChI is InChI=1S/C14H25NO2/c1-6-8-15-14(12(16)17-7-2)10-13(4,5)9-11(14)3/h6,11,15H,1,7-10H2,2-5H3. The van der Waals surface area contributed by atoms with Crippen molar-refractivity contribution in [2.75, 3.05) is 13.2 Å². The van der Waals surface area contributed by atoms with E-state index in [2.05, 4.69) is 32.7 Å². The van der Waals surface area contributed by atoms with E-state index >= 15 is 0 Å². The van der Waals surface area contributed by atoms with Crippen LogP contribution in [0.2, 0.25) is 0 Å². The number of hydrogen-bond acceptors (Lipinski definition) is 3. The van der Waals surface area contributed by atoms with Gasteiger partial charge in [-0.25, -0.2) is 0 Å². The quantitative estimate of drug-likeness (QED) is 0.592. The van der Waals surface area contributed by atoms with Crippen molar-refractivity contribution >= 4 is 5.97 Å². The van der Waals surface area contributed by atoms with Gasteiger partial charge < -0.3 is 4.74 Å². The fourth-order valence-corrected chi connectivity index (χ4v) is 3.10. The lowest BCUT2D eigenvalue weighted by molar-refractivity contribution is -0.153. The second-order valence-corrected chi connectivity index (χ2v) is 5.81. The zero-order chi connectivity index (χ0) is 13.1. The minimum Gasteiger partial charge on any atom is -0.465 e. The fourth-order valence-electron chi connectivity index (χ4n) is 3.10. The van der Waals surface area contributed by atoms with Crippen LogP contribution < -0.4 is 5.32 Å². The molecular formula is C14H25NO2. The third-order valence-electron chi connectivity index (χ3n) is 3.66. The molecule has 0 amide bonds. The summed E-state index contributed by atoms with van der Waals surface area (Å²) in [5, 5.41) is 3.34. The van der Waals surface area contributed by atoms with Gasteiger partial charge in [0.15, 0.2) is 0 Å². The van der Waals surface area contributed by atoms with Crippen LogP contribution in [-0.2, 0) is 9.53 Å². The molecule has 3 nitrogen and oxygen atoms in total. The van der Waals surface area contributed by atoms with Crippen LogP contribution in [0.15, 0.2) is 12.7 Å². The molecule has 0 spiro atoms. The van der Waals surface area contributed by atoms with E-state index in [9.17, 15) is 4.79 Å². The van der Waals surface area contributed by atoms with Crippen molar-refractivity contribution in [2.24, 2.45) is 11.3 Å². The number of esters is 1. The van der Waals surface area contributed by atoms with Gasteiger partial charge in [-0.05, 0) is 31.1 Å². The van der Waals surface area contributed by atoms with Crippen molar-refractivity contribution in [2.45, 2.75) is 46.1 Å². The Bertz CT molecular complexity index is 299. The largest absolute Gasteiger partial charge is 0.465 e. The number of ether oxygens (including phenoxy) is 1. The van der Waals surface area contributed by atoms with Crippen LogP contribution in [0.25, 0.3) is 0 Å². The summed E-state index contributed by atoms with van der Waals surface area (Å²) in [6, 6.07) is 0. The molecular weight excluding hydrogens is 214 g/mol. The van der Waals surface area contributed by atoms with Gasteiger partial charge in [0.05, 0.1) is 6.61 Å². The van der Waals surface area contributed by atoms with Crippen molar-refractivity contribution in [1.82, 2.24) is 5.32 Å². The number of nitrogens with one attached hydrogen (secondary N) is 1. The normalized spacial score (nSPS) is 31.2. The molecule has 1 N–H and O–H groups in total. The van der Waals surface area contributed by atoms with Crippen LogP contribution in [0.4, 0.5) is 0 Å². The van der Waals surface area contributed by atoms with E-state index in [4.69, 9.17) is 4.74 Å². The lowest BCUT2D eigenvalue weighted by atomic mass is 9.86. The van der Waals surface area contributed by atoms with Gasteiger partial charge in [-0.15, -0.1) is 6.58 Å².